The molecule has 29 heavy (non-hydrogen) atoms. The lowest BCUT2D eigenvalue weighted by Crippen LogP contribution is -2.14. The van der Waals surface area contributed by atoms with Crippen LogP contribution in [0.2, 0.25) is 0 Å². The van der Waals surface area contributed by atoms with Gasteiger partial charge in [-0.2, -0.15) is 0 Å². The number of carbonyl (C=O) groups is 2. The van der Waals surface area contributed by atoms with Crippen LogP contribution in [0.25, 0.3) is 0 Å². The number of hydrogen-bond acceptors (Lipinski definition) is 4. The predicted octanol–water partition coefficient (Wildman–Crippen LogP) is 6.60. The molecule has 0 amide bonds. The predicted molar refractivity (Wildman–Crippen MR) is 119 cm³/mol. The van der Waals surface area contributed by atoms with E-state index in [0.29, 0.717) is 38.4 Å². The molecule has 0 N–H and O–H groups in total. The second-order valence-electron chi connectivity index (χ2n) is 7.75. The molecule has 1 atom stereocenters. The summed E-state index contributed by atoms with van der Waals surface area (Å²) >= 11 is 0. The second kappa shape index (κ2) is 21.2. The van der Waals surface area contributed by atoms with Crippen molar-refractivity contribution in [2.75, 3.05) is 13.2 Å². The Bertz CT molecular complexity index is 461. The van der Waals surface area contributed by atoms with Crippen LogP contribution < -0.4 is 0 Å². The number of rotatable bonds is 18. The fourth-order valence-corrected chi connectivity index (χ4v) is 3.05. The van der Waals surface area contributed by atoms with Crippen molar-refractivity contribution >= 4 is 11.9 Å². The monoisotopic (exact) mass is 408 g/mol. The van der Waals surface area contributed by atoms with E-state index < -0.39 is 0 Å². The quantitative estimate of drug-likeness (QED) is 0.146. The Morgan fingerprint density at radius 1 is 0.759 bits per heavy atom. The SMILES string of the molecule is CCC#CCCCCCCCCOC(=O)CCCC(=O)OCC(CC)CCCC. The third-order valence-electron chi connectivity index (χ3n) is 5.05. The molecule has 0 aromatic heterocycles. The van der Waals surface area contributed by atoms with Crippen LogP contribution in [0.4, 0.5) is 0 Å². The highest BCUT2D eigenvalue weighted by atomic mass is 16.5. The molecule has 0 bridgehead atoms. The lowest BCUT2D eigenvalue weighted by molar-refractivity contribution is -0.146. The lowest BCUT2D eigenvalue weighted by atomic mass is 10.0. The molecule has 4 heteroatoms. The summed E-state index contributed by atoms with van der Waals surface area (Å²) in [5.74, 6) is 6.31. The van der Waals surface area contributed by atoms with E-state index in [4.69, 9.17) is 9.47 Å². The van der Waals surface area contributed by atoms with Gasteiger partial charge in [0.1, 0.15) is 0 Å². The van der Waals surface area contributed by atoms with E-state index in [0.717, 1.165) is 38.5 Å². The largest absolute Gasteiger partial charge is 0.466 e. The van der Waals surface area contributed by atoms with E-state index in [9.17, 15) is 9.59 Å². The van der Waals surface area contributed by atoms with Gasteiger partial charge in [0.25, 0.3) is 0 Å². The third kappa shape index (κ3) is 19.6. The number of unbranched alkanes of at least 4 members (excludes halogenated alkanes) is 7. The van der Waals surface area contributed by atoms with Crippen LogP contribution in [0.3, 0.4) is 0 Å². The average Bonchev–Trinajstić information content (AvgIpc) is 2.72. The fraction of sp³-hybridized carbons (Fsp3) is 0.840. The Morgan fingerprint density at radius 3 is 2.07 bits per heavy atom. The van der Waals surface area contributed by atoms with Gasteiger partial charge in [0.15, 0.2) is 0 Å². The minimum Gasteiger partial charge on any atom is -0.466 e. The van der Waals surface area contributed by atoms with Gasteiger partial charge in [-0.1, -0.05) is 65.7 Å². The van der Waals surface area contributed by atoms with Gasteiger partial charge >= 0.3 is 11.9 Å². The summed E-state index contributed by atoms with van der Waals surface area (Å²) in [5, 5.41) is 0. The Morgan fingerprint density at radius 2 is 1.41 bits per heavy atom. The van der Waals surface area contributed by atoms with Crippen molar-refractivity contribution < 1.29 is 19.1 Å². The van der Waals surface area contributed by atoms with Crippen LogP contribution in [0, 0.1) is 17.8 Å². The van der Waals surface area contributed by atoms with Crippen molar-refractivity contribution in [3.8, 4) is 11.8 Å². The molecule has 168 valence electrons. The van der Waals surface area contributed by atoms with Gasteiger partial charge in [-0.25, -0.2) is 0 Å². The molecule has 0 aromatic rings. The summed E-state index contributed by atoms with van der Waals surface area (Å²) < 4.78 is 10.6. The Labute approximate surface area is 179 Å². The minimum atomic E-state index is -0.207. The maximum atomic E-state index is 11.8. The van der Waals surface area contributed by atoms with Gasteiger partial charge in [0.05, 0.1) is 13.2 Å². The highest BCUT2D eigenvalue weighted by molar-refractivity contribution is 5.72. The zero-order chi connectivity index (χ0) is 21.6. The van der Waals surface area contributed by atoms with Gasteiger partial charge in [-0.05, 0) is 31.6 Å². The Kier molecular flexibility index (Phi) is 20.1. The van der Waals surface area contributed by atoms with E-state index in [2.05, 4.69) is 32.6 Å². The summed E-state index contributed by atoms with van der Waals surface area (Å²) in [5.41, 5.74) is 0. The first-order valence-electron chi connectivity index (χ1n) is 11.9. The number of esters is 2. The maximum absolute atomic E-state index is 11.8. The Hall–Kier alpha value is -1.50. The van der Waals surface area contributed by atoms with Gasteiger partial charge in [0, 0.05) is 25.7 Å². The standard InChI is InChI=1S/C25H44O4/c1-4-7-9-10-11-12-13-14-15-16-21-28-24(26)19-17-20-25(27)29-22-23(6-3)18-8-5-2/h23H,4-6,8,10-22H2,1-3H3. The van der Waals surface area contributed by atoms with E-state index >= 15 is 0 Å². The molecule has 0 saturated heterocycles. The van der Waals surface area contributed by atoms with Crippen molar-refractivity contribution in [1.82, 2.24) is 0 Å². The van der Waals surface area contributed by atoms with E-state index in [-0.39, 0.29) is 11.9 Å². The molecule has 0 aliphatic heterocycles. The van der Waals surface area contributed by atoms with E-state index in [1.165, 1.54) is 38.5 Å². The number of carbonyl (C=O) groups excluding carboxylic acids is 2. The summed E-state index contributed by atoms with van der Waals surface area (Å²) in [6.45, 7) is 7.37. The fourth-order valence-electron chi connectivity index (χ4n) is 3.05. The van der Waals surface area contributed by atoms with E-state index in [1.807, 2.05) is 0 Å². The Balaban J connectivity index is 3.50. The molecule has 4 nitrogen and oxygen atoms in total. The highest BCUT2D eigenvalue weighted by Gasteiger charge is 2.11. The van der Waals surface area contributed by atoms with Crippen molar-refractivity contribution in [1.29, 1.82) is 0 Å². The first kappa shape index (κ1) is 27.5. The molecule has 0 heterocycles. The summed E-state index contributed by atoms with van der Waals surface area (Å²) in [6, 6.07) is 0. The highest BCUT2D eigenvalue weighted by Crippen LogP contribution is 2.13. The van der Waals surface area contributed by atoms with Gasteiger partial charge in [0.2, 0.25) is 0 Å². The van der Waals surface area contributed by atoms with Crippen LogP contribution in [0.5, 0.6) is 0 Å². The minimum absolute atomic E-state index is 0.201. The lowest BCUT2D eigenvalue weighted by Gasteiger charge is -2.14. The first-order chi connectivity index (χ1) is 14.1. The van der Waals surface area contributed by atoms with Crippen LogP contribution in [0.15, 0.2) is 0 Å². The molecule has 0 rings (SSSR count). The molecular weight excluding hydrogens is 364 g/mol. The van der Waals surface area contributed by atoms with Crippen molar-refractivity contribution in [3.05, 3.63) is 0 Å². The first-order valence-corrected chi connectivity index (χ1v) is 11.9. The van der Waals surface area contributed by atoms with Crippen LogP contribution in [0.1, 0.15) is 117 Å². The number of hydrogen-bond donors (Lipinski definition) is 0. The summed E-state index contributed by atoms with van der Waals surface area (Å²) in [6.07, 6.45) is 14.4. The molecule has 0 aliphatic carbocycles. The van der Waals surface area contributed by atoms with Crippen molar-refractivity contribution in [3.63, 3.8) is 0 Å². The number of ether oxygens (including phenoxy) is 2. The molecule has 0 saturated carbocycles. The van der Waals surface area contributed by atoms with Gasteiger partial charge in [-0.15, -0.1) is 11.8 Å². The molecule has 0 aliphatic rings. The van der Waals surface area contributed by atoms with E-state index in [1.54, 1.807) is 0 Å². The molecule has 0 spiro atoms. The smallest absolute Gasteiger partial charge is 0.305 e. The topological polar surface area (TPSA) is 52.6 Å². The molecule has 0 radical (unpaired) electrons. The maximum Gasteiger partial charge on any atom is 0.305 e. The summed E-state index contributed by atoms with van der Waals surface area (Å²) in [7, 11) is 0. The van der Waals surface area contributed by atoms with Crippen molar-refractivity contribution in [2.24, 2.45) is 5.92 Å². The van der Waals surface area contributed by atoms with Crippen molar-refractivity contribution in [2.45, 2.75) is 117 Å². The third-order valence-corrected chi connectivity index (χ3v) is 5.05. The van der Waals surface area contributed by atoms with Crippen LogP contribution in [-0.2, 0) is 19.1 Å². The zero-order valence-electron chi connectivity index (χ0n) is 19.2. The van der Waals surface area contributed by atoms with Crippen LogP contribution in [-0.4, -0.2) is 25.2 Å². The van der Waals surface area contributed by atoms with Crippen LogP contribution >= 0.6 is 0 Å². The van der Waals surface area contributed by atoms with Gasteiger partial charge in [-0.3, -0.25) is 9.59 Å². The molecule has 0 aromatic carbocycles. The normalized spacial score (nSPS) is 11.4. The molecule has 1 unspecified atom stereocenters. The van der Waals surface area contributed by atoms with Gasteiger partial charge < -0.3 is 9.47 Å². The average molecular weight is 409 g/mol. The summed E-state index contributed by atoms with van der Waals surface area (Å²) in [4.78, 5) is 23.5. The second-order valence-corrected chi connectivity index (χ2v) is 7.75. The zero-order valence-corrected chi connectivity index (χ0v) is 19.2. The molecule has 0 fully saturated rings. The molecular formula is C25H44O4.